The first kappa shape index (κ1) is 9.45. The van der Waals surface area contributed by atoms with E-state index in [4.69, 9.17) is 5.11 Å². The summed E-state index contributed by atoms with van der Waals surface area (Å²) in [7, 11) is 0. The Morgan fingerprint density at radius 3 is 2.80 bits per heavy atom. The van der Waals surface area contributed by atoms with Gasteiger partial charge in [-0.25, -0.2) is 4.79 Å². The molecule has 1 aromatic heterocycles. The second-order valence-electron chi connectivity index (χ2n) is 3.38. The van der Waals surface area contributed by atoms with E-state index in [2.05, 4.69) is 0 Å². The molecule has 1 heterocycles. The summed E-state index contributed by atoms with van der Waals surface area (Å²) in [6.45, 7) is 1.89. The Balaban J connectivity index is 2.86. The Morgan fingerprint density at radius 1 is 1.47 bits per heavy atom. The van der Waals surface area contributed by atoms with Crippen LogP contribution in [-0.2, 0) is 0 Å². The van der Waals surface area contributed by atoms with Gasteiger partial charge in [0.2, 0.25) is 0 Å². The molecule has 0 bridgehead atoms. The van der Waals surface area contributed by atoms with E-state index < -0.39 is 6.09 Å². The highest BCUT2D eigenvalue weighted by molar-refractivity contribution is 6.01. The molecular formula is C11H9NO3. The fourth-order valence-corrected chi connectivity index (χ4v) is 1.62. The van der Waals surface area contributed by atoms with Crippen LogP contribution >= 0.6 is 0 Å². The molecule has 4 heteroatoms. The van der Waals surface area contributed by atoms with E-state index in [1.165, 1.54) is 6.20 Å². The summed E-state index contributed by atoms with van der Waals surface area (Å²) in [6.07, 6.45) is 0.914. The van der Waals surface area contributed by atoms with E-state index in [9.17, 15) is 9.59 Å². The van der Waals surface area contributed by atoms with Crippen LogP contribution in [0.25, 0.3) is 10.9 Å². The van der Waals surface area contributed by atoms with Crippen LogP contribution in [0.2, 0.25) is 0 Å². The summed E-state index contributed by atoms with van der Waals surface area (Å²) in [5.74, 6) is 0. The highest BCUT2D eigenvalue weighted by atomic mass is 16.4. The molecule has 0 saturated carbocycles. The predicted octanol–water partition coefficient (Wildman–Crippen LogP) is 2.29. The molecule has 0 amide bonds. The third-order valence-electron chi connectivity index (χ3n) is 2.32. The second-order valence-corrected chi connectivity index (χ2v) is 3.38. The minimum atomic E-state index is -1.09. The van der Waals surface area contributed by atoms with Crippen molar-refractivity contribution in [2.45, 2.75) is 6.92 Å². The monoisotopic (exact) mass is 203 g/mol. The molecular weight excluding hydrogens is 194 g/mol. The first-order valence-electron chi connectivity index (χ1n) is 4.43. The smallest absolute Gasteiger partial charge is 0.416 e. The van der Waals surface area contributed by atoms with E-state index in [1.54, 1.807) is 12.1 Å². The fraction of sp³-hybridized carbons (Fsp3) is 0.0909. The van der Waals surface area contributed by atoms with Crippen LogP contribution in [0.15, 0.2) is 24.4 Å². The van der Waals surface area contributed by atoms with Crippen molar-refractivity contribution in [3.63, 3.8) is 0 Å². The zero-order chi connectivity index (χ0) is 11.0. The van der Waals surface area contributed by atoms with Gasteiger partial charge in [-0.2, -0.15) is 0 Å². The van der Waals surface area contributed by atoms with Gasteiger partial charge in [-0.15, -0.1) is 0 Å². The molecule has 0 aliphatic carbocycles. The maximum Gasteiger partial charge on any atom is 0.416 e. The van der Waals surface area contributed by atoms with Gasteiger partial charge in [0.15, 0.2) is 6.29 Å². The molecule has 0 fully saturated rings. The quantitative estimate of drug-likeness (QED) is 0.723. The molecule has 4 nitrogen and oxygen atoms in total. The first-order valence-corrected chi connectivity index (χ1v) is 4.43. The number of benzene rings is 1. The Morgan fingerprint density at radius 2 is 2.20 bits per heavy atom. The van der Waals surface area contributed by atoms with E-state index >= 15 is 0 Å². The maximum absolute atomic E-state index is 10.9. The molecule has 0 spiro atoms. The zero-order valence-electron chi connectivity index (χ0n) is 8.10. The van der Waals surface area contributed by atoms with Crippen LogP contribution in [0.5, 0.6) is 0 Å². The van der Waals surface area contributed by atoms with Crippen LogP contribution < -0.4 is 0 Å². The largest absolute Gasteiger partial charge is 0.464 e. The number of fused-ring (bicyclic) bond motifs is 1. The molecule has 0 unspecified atom stereocenters. The van der Waals surface area contributed by atoms with Crippen molar-refractivity contribution in [2.24, 2.45) is 0 Å². The van der Waals surface area contributed by atoms with Crippen LogP contribution in [0, 0.1) is 6.92 Å². The Bertz CT molecular complexity index is 554. The van der Waals surface area contributed by atoms with Crippen molar-refractivity contribution in [1.29, 1.82) is 0 Å². The SMILES string of the molecule is Cc1ccc2c(c1)c(C=O)cn2C(=O)O. The lowest BCUT2D eigenvalue weighted by atomic mass is 10.1. The van der Waals surface area contributed by atoms with E-state index in [-0.39, 0.29) is 0 Å². The summed E-state index contributed by atoms with van der Waals surface area (Å²) >= 11 is 0. The minimum absolute atomic E-state index is 0.399. The Kier molecular flexibility index (Phi) is 2.04. The number of rotatable bonds is 1. The average Bonchev–Trinajstić information content (AvgIpc) is 2.55. The predicted molar refractivity (Wildman–Crippen MR) is 55.5 cm³/mol. The fourth-order valence-electron chi connectivity index (χ4n) is 1.62. The summed E-state index contributed by atoms with van der Waals surface area (Å²) in [6, 6.07) is 5.32. The summed E-state index contributed by atoms with van der Waals surface area (Å²) < 4.78 is 1.05. The highest BCUT2D eigenvalue weighted by Crippen LogP contribution is 2.21. The lowest BCUT2D eigenvalue weighted by Crippen LogP contribution is -2.05. The number of hydrogen-bond acceptors (Lipinski definition) is 2. The third kappa shape index (κ3) is 1.40. The van der Waals surface area contributed by atoms with Gasteiger partial charge >= 0.3 is 6.09 Å². The lowest BCUT2D eigenvalue weighted by Gasteiger charge is -1.97. The van der Waals surface area contributed by atoms with Gasteiger partial charge in [-0.3, -0.25) is 9.36 Å². The number of aldehydes is 1. The van der Waals surface area contributed by atoms with Crippen molar-refractivity contribution < 1.29 is 14.7 Å². The van der Waals surface area contributed by atoms with Gasteiger partial charge in [0.05, 0.1) is 5.52 Å². The molecule has 1 aromatic carbocycles. The molecule has 76 valence electrons. The molecule has 15 heavy (non-hydrogen) atoms. The van der Waals surface area contributed by atoms with Crippen LogP contribution in [-0.4, -0.2) is 22.1 Å². The zero-order valence-corrected chi connectivity index (χ0v) is 8.10. The van der Waals surface area contributed by atoms with Crippen molar-refractivity contribution in [2.75, 3.05) is 0 Å². The lowest BCUT2D eigenvalue weighted by molar-refractivity contribution is 0.112. The van der Waals surface area contributed by atoms with E-state index in [1.807, 2.05) is 13.0 Å². The number of hydrogen-bond donors (Lipinski definition) is 1. The molecule has 0 atom stereocenters. The standard InChI is InChI=1S/C11H9NO3/c1-7-2-3-10-9(4-7)8(6-13)5-12(10)11(14)15/h2-6H,1H3,(H,14,15). The van der Waals surface area contributed by atoms with Gasteiger partial charge < -0.3 is 5.11 Å². The molecule has 2 aromatic rings. The van der Waals surface area contributed by atoms with Crippen molar-refractivity contribution >= 4 is 23.3 Å². The Hall–Kier alpha value is -2.10. The summed E-state index contributed by atoms with van der Waals surface area (Å²) in [5, 5.41) is 9.58. The van der Waals surface area contributed by atoms with Gasteiger partial charge in [0.25, 0.3) is 0 Å². The number of aryl methyl sites for hydroxylation is 1. The number of nitrogens with zero attached hydrogens (tertiary/aromatic N) is 1. The van der Waals surface area contributed by atoms with E-state index in [0.717, 1.165) is 10.1 Å². The maximum atomic E-state index is 10.9. The van der Waals surface area contributed by atoms with Gasteiger partial charge in [0, 0.05) is 17.1 Å². The molecule has 0 aliphatic heterocycles. The molecule has 2 rings (SSSR count). The third-order valence-corrected chi connectivity index (χ3v) is 2.32. The number of carbonyl (C=O) groups excluding carboxylic acids is 1. The summed E-state index contributed by atoms with van der Waals surface area (Å²) in [4.78, 5) is 21.6. The van der Waals surface area contributed by atoms with Gasteiger partial charge in [0.1, 0.15) is 0 Å². The van der Waals surface area contributed by atoms with Crippen molar-refractivity contribution in [3.8, 4) is 0 Å². The Labute approximate surface area is 85.7 Å². The molecule has 1 N–H and O–H groups in total. The topological polar surface area (TPSA) is 59.3 Å². The van der Waals surface area contributed by atoms with Crippen LogP contribution in [0.4, 0.5) is 4.79 Å². The van der Waals surface area contributed by atoms with Gasteiger partial charge in [-0.1, -0.05) is 11.6 Å². The minimum Gasteiger partial charge on any atom is -0.464 e. The van der Waals surface area contributed by atoms with Crippen molar-refractivity contribution in [3.05, 3.63) is 35.5 Å². The highest BCUT2D eigenvalue weighted by Gasteiger charge is 2.11. The number of carboxylic acid groups (broad SMARTS) is 1. The van der Waals surface area contributed by atoms with E-state index in [0.29, 0.717) is 22.8 Å². The molecule has 0 radical (unpaired) electrons. The van der Waals surface area contributed by atoms with Crippen LogP contribution in [0.3, 0.4) is 0 Å². The van der Waals surface area contributed by atoms with Crippen LogP contribution in [0.1, 0.15) is 15.9 Å². The number of aromatic nitrogens is 1. The second kappa shape index (κ2) is 3.24. The van der Waals surface area contributed by atoms with Gasteiger partial charge in [-0.05, 0) is 19.1 Å². The van der Waals surface area contributed by atoms with Crippen molar-refractivity contribution in [1.82, 2.24) is 4.57 Å². The summed E-state index contributed by atoms with van der Waals surface area (Å²) in [5.41, 5.74) is 1.93. The molecule has 0 aliphatic rings. The first-order chi connectivity index (χ1) is 7.13. The molecule has 0 saturated heterocycles. The number of carbonyl (C=O) groups is 2. The normalized spacial score (nSPS) is 10.5. The average molecular weight is 203 g/mol.